The van der Waals surface area contributed by atoms with Gasteiger partial charge in [0.2, 0.25) is 0 Å². The molecule has 0 aliphatic heterocycles. The van der Waals surface area contributed by atoms with E-state index >= 15 is 0 Å². The number of halogens is 1. The third kappa shape index (κ3) is 1.75. The molecule has 2 aromatic heterocycles. The van der Waals surface area contributed by atoms with Gasteiger partial charge >= 0.3 is 0 Å². The predicted molar refractivity (Wildman–Crippen MR) is 60.6 cm³/mol. The Morgan fingerprint density at radius 3 is 2.87 bits per heavy atom. The molecule has 0 unspecified atom stereocenters. The normalized spacial score (nSPS) is 10.9. The lowest BCUT2D eigenvalue weighted by atomic mass is 10.2. The molecule has 0 amide bonds. The van der Waals surface area contributed by atoms with Crippen LogP contribution in [-0.2, 0) is 6.42 Å². The van der Waals surface area contributed by atoms with Gasteiger partial charge in [0.25, 0.3) is 5.56 Å². The molecule has 15 heavy (non-hydrogen) atoms. The number of rotatable bonds is 1. The fourth-order valence-corrected chi connectivity index (χ4v) is 1.84. The summed E-state index contributed by atoms with van der Waals surface area (Å²) in [5.41, 5.74) is 2.34. The Morgan fingerprint density at radius 1 is 1.47 bits per heavy atom. The average molecular weight is 223 g/mol. The molecular weight excluding hydrogens is 212 g/mol. The quantitative estimate of drug-likeness (QED) is 0.742. The fraction of sp³-hybridized carbons (Fsp3) is 0.273. The lowest BCUT2D eigenvalue weighted by molar-refractivity contribution is 0.984. The summed E-state index contributed by atoms with van der Waals surface area (Å²) >= 11 is 5.93. The third-order valence-corrected chi connectivity index (χ3v) is 2.52. The maximum absolute atomic E-state index is 11.7. The van der Waals surface area contributed by atoms with Gasteiger partial charge in [-0.1, -0.05) is 18.5 Å². The molecule has 3 nitrogen and oxygen atoms in total. The molecule has 78 valence electrons. The van der Waals surface area contributed by atoms with E-state index < -0.39 is 0 Å². The Labute approximate surface area is 92.3 Å². The van der Waals surface area contributed by atoms with E-state index in [4.69, 9.17) is 11.6 Å². The van der Waals surface area contributed by atoms with Crippen LogP contribution < -0.4 is 5.56 Å². The van der Waals surface area contributed by atoms with Crippen LogP contribution in [0.1, 0.15) is 18.2 Å². The predicted octanol–water partition coefficient (Wildman–Crippen LogP) is 2.22. The van der Waals surface area contributed by atoms with Gasteiger partial charge in [0.15, 0.2) is 0 Å². The van der Waals surface area contributed by atoms with Crippen LogP contribution in [0.3, 0.4) is 0 Å². The maximum Gasteiger partial charge on any atom is 0.258 e. The minimum absolute atomic E-state index is 0.0882. The average Bonchev–Trinajstić information content (AvgIpc) is 2.18. The summed E-state index contributed by atoms with van der Waals surface area (Å²) < 4.78 is 1.49. The van der Waals surface area contributed by atoms with Crippen molar-refractivity contribution in [1.29, 1.82) is 0 Å². The van der Waals surface area contributed by atoms with Crippen molar-refractivity contribution in [1.82, 2.24) is 9.38 Å². The van der Waals surface area contributed by atoms with Crippen molar-refractivity contribution in [3.05, 3.63) is 45.0 Å². The molecule has 2 aromatic rings. The summed E-state index contributed by atoms with van der Waals surface area (Å²) in [6.07, 6.45) is 2.41. The van der Waals surface area contributed by atoms with E-state index in [1.807, 2.05) is 19.9 Å². The second-order valence-electron chi connectivity index (χ2n) is 3.47. The Bertz CT molecular complexity index is 575. The first-order valence-corrected chi connectivity index (χ1v) is 5.18. The molecule has 0 bridgehead atoms. The summed E-state index contributed by atoms with van der Waals surface area (Å²) in [6.45, 7) is 3.83. The molecule has 0 aliphatic rings. The minimum atomic E-state index is -0.0882. The first-order chi connectivity index (χ1) is 7.11. The largest absolute Gasteiger partial charge is 0.269 e. The molecule has 0 aliphatic carbocycles. The summed E-state index contributed by atoms with van der Waals surface area (Å²) in [5.74, 6) is 0. The second kappa shape index (κ2) is 3.66. The number of nitrogens with zero attached hydrogens (tertiary/aromatic N) is 2. The van der Waals surface area contributed by atoms with Gasteiger partial charge in [0.1, 0.15) is 5.65 Å². The first kappa shape index (κ1) is 10.2. The van der Waals surface area contributed by atoms with Crippen molar-refractivity contribution in [2.45, 2.75) is 20.3 Å². The number of hydrogen-bond acceptors (Lipinski definition) is 2. The molecule has 0 saturated carbocycles. The van der Waals surface area contributed by atoms with Crippen LogP contribution >= 0.6 is 11.6 Å². The number of hydrogen-bond donors (Lipinski definition) is 0. The highest BCUT2D eigenvalue weighted by Crippen LogP contribution is 2.15. The fourth-order valence-electron chi connectivity index (χ4n) is 1.61. The highest BCUT2D eigenvalue weighted by atomic mass is 35.5. The van der Waals surface area contributed by atoms with Gasteiger partial charge < -0.3 is 0 Å². The van der Waals surface area contributed by atoms with E-state index in [0.29, 0.717) is 10.7 Å². The zero-order valence-electron chi connectivity index (χ0n) is 8.62. The number of aromatic nitrogens is 2. The molecule has 0 saturated heterocycles. The van der Waals surface area contributed by atoms with E-state index in [9.17, 15) is 4.79 Å². The van der Waals surface area contributed by atoms with E-state index in [-0.39, 0.29) is 5.56 Å². The van der Waals surface area contributed by atoms with Gasteiger partial charge in [0.05, 0.1) is 5.02 Å². The van der Waals surface area contributed by atoms with Crippen molar-refractivity contribution in [2.75, 3.05) is 0 Å². The monoisotopic (exact) mass is 222 g/mol. The number of fused-ring (bicyclic) bond motifs is 1. The molecule has 2 rings (SSSR count). The molecule has 0 radical (unpaired) electrons. The molecule has 0 atom stereocenters. The minimum Gasteiger partial charge on any atom is -0.269 e. The molecule has 0 fully saturated rings. The van der Waals surface area contributed by atoms with Crippen LogP contribution in [0.2, 0.25) is 5.02 Å². The first-order valence-electron chi connectivity index (χ1n) is 4.80. The SMILES string of the molecule is CCc1cc(Cl)cn2c(=O)cc(C)nc12. The van der Waals surface area contributed by atoms with Gasteiger partial charge in [0, 0.05) is 18.0 Å². The summed E-state index contributed by atoms with van der Waals surface area (Å²) in [4.78, 5) is 16.0. The van der Waals surface area contributed by atoms with Gasteiger partial charge in [-0.15, -0.1) is 0 Å². The van der Waals surface area contributed by atoms with Crippen LogP contribution in [0.5, 0.6) is 0 Å². The van der Waals surface area contributed by atoms with E-state index in [2.05, 4.69) is 4.98 Å². The molecule has 0 spiro atoms. The Kier molecular flexibility index (Phi) is 2.49. The van der Waals surface area contributed by atoms with Crippen molar-refractivity contribution in [3.8, 4) is 0 Å². The van der Waals surface area contributed by atoms with Crippen LogP contribution in [0.25, 0.3) is 5.65 Å². The number of pyridine rings is 1. The summed E-state index contributed by atoms with van der Waals surface area (Å²) in [5, 5.41) is 0.562. The summed E-state index contributed by atoms with van der Waals surface area (Å²) in [6, 6.07) is 3.35. The lowest BCUT2D eigenvalue weighted by Crippen LogP contribution is -2.15. The second-order valence-corrected chi connectivity index (χ2v) is 3.90. The van der Waals surface area contributed by atoms with Crippen molar-refractivity contribution >= 4 is 17.2 Å². The van der Waals surface area contributed by atoms with Gasteiger partial charge in [-0.25, -0.2) is 4.98 Å². The topological polar surface area (TPSA) is 34.4 Å². The van der Waals surface area contributed by atoms with Crippen LogP contribution in [0.4, 0.5) is 0 Å². The number of aryl methyl sites for hydroxylation is 2. The Morgan fingerprint density at radius 2 is 2.20 bits per heavy atom. The van der Waals surface area contributed by atoms with Crippen molar-refractivity contribution < 1.29 is 0 Å². The molecule has 2 heterocycles. The van der Waals surface area contributed by atoms with Crippen LogP contribution in [0.15, 0.2) is 23.1 Å². The van der Waals surface area contributed by atoms with E-state index in [1.54, 1.807) is 6.20 Å². The molecule has 0 N–H and O–H groups in total. The van der Waals surface area contributed by atoms with Crippen LogP contribution in [0, 0.1) is 6.92 Å². The smallest absolute Gasteiger partial charge is 0.258 e. The van der Waals surface area contributed by atoms with Crippen LogP contribution in [-0.4, -0.2) is 9.38 Å². The zero-order chi connectivity index (χ0) is 11.0. The van der Waals surface area contributed by atoms with Gasteiger partial charge in [-0.05, 0) is 25.0 Å². The molecule has 4 heteroatoms. The van der Waals surface area contributed by atoms with Crippen molar-refractivity contribution in [3.63, 3.8) is 0 Å². The summed E-state index contributed by atoms with van der Waals surface area (Å²) in [7, 11) is 0. The highest BCUT2D eigenvalue weighted by Gasteiger charge is 2.05. The standard InChI is InChI=1S/C11H11ClN2O/c1-3-8-5-9(12)6-14-10(15)4-7(2)13-11(8)14/h4-6H,3H2,1-2H3. The van der Waals surface area contributed by atoms with E-state index in [0.717, 1.165) is 17.7 Å². The zero-order valence-corrected chi connectivity index (χ0v) is 9.38. The maximum atomic E-state index is 11.7. The highest BCUT2D eigenvalue weighted by molar-refractivity contribution is 6.30. The van der Waals surface area contributed by atoms with Gasteiger partial charge in [-0.2, -0.15) is 0 Å². The van der Waals surface area contributed by atoms with Gasteiger partial charge in [-0.3, -0.25) is 9.20 Å². The molecular formula is C11H11ClN2O. The van der Waals surface area contributed by atoms with Crippen molar-refractivity contribution in [2.24, 2.45) is 0 Å². The molecule has 0 aromatic carbocycles. The Balaban J connectivity index is 2.96. The third-order valence-electron chi connectivity index (χ3n) is 2.31. The lowest BCUT2D eigenvalue weighted by Gasteiger charge is -2.06. The Hall–Kier alpha value is -1.35. The van der Waals surface area contributed by atoms with E-state index in [1.165, 1.54) is 10.5 Å².